The van der Waals surface area contributed by atoms with Gasteiger partial charge in [-0.25, -0.2) is 14.4 Å². The lowest BCUT2D eigenvalue weighted by atomic mass is 10.1. The molecule has 2 aromatic carbocycles. The molecule has 34 heavy (non-hydrogen) atoms. The van der Waals surface area contributed by atoms with E-state index in [-0.39, 0.29) is 29.2 Å². The van der Waals surface area contributed by atoms with Crippen molar-refractivity contribution in [3.8, 4) is 17.0 Å². The van der Waals surface area contributed by atoms with Crippen molar-refractivity contribution in [2.45, 2.75) is 12.8 Å². The van der Waals surface area contributed by atoms with Gasteiger partial charge >= 0.3 is 0 Å². The van der Waals surface area contributed by atoms with Crippen LogP contribution in [0.1, 0.15) is 23.3 Å². The monoisotopic (exact) mass is 459 g/mol. The summed E-state index contributed by atoms with van der Waals surface area (Å²) in [5, 5.41) is 2.92. The summed E-state index contributed by atoms with van der Waals surface area (Å²) in [5.41, 5.74) is 3.65. The summed E-state index contributed by atoms with van der Waals surface area (Å²) in [6.07, 6.45) is 6.76. The average Bonchev–Trinajstić information content (AvgIpc) is 3.63. The van der Waals surface area contributed by atoms with Gasteiger partial charge in [-0.05, 0) is 37.1 Å². The minimum atomic E-state index is -0.507. The van der Waals surface area contributed by atoms with Gasteiger partial charge in [-0.1, -0.05) is 12.1 Å². The molecule has 0 radical (unpaired) electrons. The van der Waals surface area contributed by atoms with E-state index in [0.717, 1.165) is 29.8 Å². The fourth-order valence-electron chi connectivity index (χ4n) is 3.67. The number of aromatic nitrogens is 3. The standard InChI is InChI=1S/C25H22FN5O3/c1-30(18-9-10-19(26)22(11-18)34-2)25(33)20-14-31-21(12-28-23(31)13-27-20)15-5-7-17(8-6-15)29-24(32)16-3-4-16/h5-14,16H,3-4H2,1-2H3,(H,29,32). The van der Waals surface area contributed by atoms with Crippen molar-refractivity contribution in [2.24, 2.45) is 5.92 Å². The molecule has 172 valence electrons. The van der Waals surface area contributed by atoms with Crippen molar-refractivity contribution in [1.29, 1.82) is 0 Å². The lowest BCUT2D eigenvalue weighted by Crippen LogP contribution is -2.27. The molecule has 0 saturated heterocycles. The predicted molar refractivity (Wildman–Crippen MR) is 125 cm³/mol. The third-order valence-corrected chi connectivity index (χ3v) is 5.84. The molecule has 1 saturated carbocycles. The van der Waals surface area contributed by atoms with Crippen molar-refractivity contribution in [3.63, 3.8) is 0 Å². The zero-order valence-electron chi connectivity index (χ0n) is 18.7. The Balaban J connectivity index is 1.41. The van der Waals surface area contributed by atoms with Crippen LogP contribution in [0.5, 0.6) is 5.75 Å². The van der Waals surface area contributed by atoms with Crippen molar-refractivity contribution < 1.29 is 18.7 Å². The Labute approximate surface area is 195 Å². The molecule has 2 aromatic heterocycles. The van der Waals surface area contributed by atoms with Gasteiger partial charge in [0.25, 0.3) is 5.91 Å². The zero-order valence-corrected chi connectivity index (χ0v) is 18.7. The van der Waals surface area contributed by atoms with Gasteiger partial charge in [-0.15, -0.1) is 0 Å². The Bertz CT molecular complexity index is 1400. The summed E-state index contributed by atoms with van der Waals surface area (Å²) >= 11 is 0. The fourth-order valence-corrected chi connectivity index (χ4v) is 3.67. The first-order valence-corrected chi connectivity index (χ1v) is 10.8. The van der Waals surface area contributed by atoms with Crippen molar-refractivity contribution in [3.05, 3.63) is 72.6 Å². The normalized spacial score (nSPS) is 13.0. The van der Waals surface area contributed by atoms with Crippen LogP contribution in [0.2, 0.25) is 0 Å². The molecule has 8 nitrogen and oxygen atoms in total. The van der Waals surface area contributed by atoms with Gasteiger partial charge in [0.15, 0.2) is 17.2 Å². The van der Waals surface area contributed by atoms with Crippen molar-refractivity contribution >= 4 is 28.8 Å². The highest BCUT2D eigenvalue weighted by atomic mass is 19.1. The minimum Gasteiger partial charge on any atom is -0.494 e. The molecule has 4 aromatic rings. The lowest BCUT2D eigenvalue weighted by Gasteiger charge is -2.18. The van der Waals surface area contributed by atoms with Crippen LogP contribution in [0.25, 0.3) is 16.9 Å². The summed E-state index contributed by atoms with van der Waals surface area (Å²) in [4.78, 5) is 35.1. The highest BCUT2D eigenvalue weighted by molar-refractivity contribution is 6.04. The highest BCUT2D eigenvalue weighted by Gasteiger charge is 2.29. The first-order valence-electron chi connectivity index (χ1n) is 10.8. The number of methoxy groups -OCH3 is 1. The van der Waals surface area contributed by atoms with E-state index in [0.29, 0.717) is 11.3 Å². The number of fused-ring (bicyclic) bond motifs is 1. The van der Waals surface area contributed by atoms with Gasteiger partial charge in [0, 0.05) is 42.2 Å². The molecular formula is C25H22FN5O3. The van der Waals surface area contributed by atoms with E-state index in [1.54, 1.807) is 23.8 Å². The number of rotatable bonds is 6. The molecular weight excluding hydrogens is 437 g/mol. The summed E-state index contributed by atoms with van der Waals surface area (Å²) in [5.74, 6) is -0.633. The quantitative estimate of drug-likeness (QED) is 0.468. The average molecular weight is 459 g/mol. The lowest BCUT2D eigenvalue weighted by molar-refractivity contribution is -0.117. The van der Waals surface area contributed by atoms with Crippen LogP contribution in [-0.2, 0) is 4.79 Å². The molecule has 0 bridgehead atoms. The molecule has 9 heteroatoms. The smallest absolute Gasteiger partial charge is 0.278 e. The van der Waals surface area contributed by atoms with E-state index in [1.165, 1.54) is 36.4 Å². The first-order chi connectivity index (χ1) is 16.4. The van der Waals surface area contributed by atoms with Crippen LogP contribution in [0.4, 0.5) is 15.8 Å². The minimum absolute atomic E-state index is 0.0502. The Morgan fingerprint density at radius 3 is 2.59 bits per heavy atom. The number of ether oxygens (including phenoxy) is 1. The van der Waals surface area contributed by atoms with Crippen LogP contribution in [0, 0.1) is 11.7 Å². The maximum absolute atomic E-state index is 13.8. The maximum Gasteiger partial charge on any atom is 0.278 e. The second kappa shape index (κ2) is 8.58. The summed E-state index contributed by atoms with van der Waals surface area (Å²) < 4.78 is 20.6. The number of anilines is 2. The number of nitrogens with one attached hydrogen (secondary N) is 1. The van der Waals surface area contributed by atoms with Crippen LogP contribution in [-0.4, -0.2) is 40.3 Å². The third-order valence-electron chi connectivity index (χ3n) is 5.84. The molecule has 2 heterocycles. The van der Waals surface area contributed by atoms with Crippen LogP contribution in [0.15, 0.2) is 61.1 Å². The Morgan fingerprint density at radius 2 is 1.88 bits per heavy atom. The summed E-state index contributed by atoms with van der Waals surface area (Å²) in [7, 11) is 2.96. The number of benzene rings is 2. The molecule has 5 rings (SSSR count). The SMILES string of the molecule is COc1cc(N(C)C(=O)c2cn3c(-c4ccc(NC(=O)C5CC5)cc4)cnc3cn2)ccc1F. The highest BCUT2D eigenvalue weighted by Crippen LogP contribution is 2.31. The first kappa shape index (κ1) is 21.6. The Kier molecular flexibility index (Phi) is 5.45. The van der Waals surface area contributed by atoms with Gasteiger partial charge in [0.05, 0.1) is 25.2 Å². The Hall–Kier alpha value is -4.27. The third kappa shape index (κ3) is 4.07. The number of nitrogens with zero attached hydrogens (tertiary/aromatic N) is 4. The van der Waals surface area contributed by atoms with E-state index in [9.17, 15) is 14.0 Å². The number of amides is 2. The van der Waals surface area contributed by atoms with E-state index >= 15 is 0 Å². The van der Waals surface area contributed by atoms with Gasteiger partial charge in [0.1, 0.15) is 5.69 Å². The molecule has 1 N–H and O–H groups in total. The van der Waals surface area contributed by atoms with Gasteiger partial charge in [-0.3, -0.25) is 14.0 Å². The molecule has 0 spiro atoms. The predicted octanol–water partition coefficient (Wildman–Crippen LogP) is 4.17. The van der Waals surface area contributed by atoms with Crippen LogP contribution >= 0.6 is 0 Å². The topological polar surface area (TPSA) is 88.8 Å². The van der Waals surface area contributed by atoms with Crippen LogP contribution in [0.3, 0.4) is 0 Å². The second-order valence-electron chi connectivity index (χ2n) is 8.17. The molecule has 0 unspecified atom stereocenters. The molecule has 1 aliphatic rings. The number of hydrogen-bond donors (Lipinski definition) is 1. The molecule has 0 atom stereocenters. The van der Waals surface area contributed by atoms with Crippen molar-refractivity contribution in [2.75, 3.05) is 24.4 Å². The van der Waals surface area contributed by atoms with E-state index < -0.39 is 5.82 Å². The molecule has 1 fully saturated rings. The molecule has 2 amide bonds. The van der Waals surface area contributed by atoms with Crippen LogP contribution < -0.4 is 15.0 Å². The van der Waals surface area contributed by atoms with E-state index in [1.807, 2.05) is 24.3 Å². The zero-order chi connectivity index (χ0) is 23.8. The number of halogens is 1. The number of carbonyl (C=O) groups is 2. The fraction of sp³-hybridized carbons (Fsp3) is 0.200. The Morgan fingerprint density at radius 1 is 1.12 bits per heavy atom. The van der Waals surface area contributed by atoms with Gasteiger partial charge < -0.3 is 15.0 Å². The maximum atomic E-state index is 13.8. The second-order valence-corrected chi connectivity index (χ2v) is 8.17. The molecule has 1 aliphatic carbocycles. The summed E-state index contributed by atoms with van der Waals surface area (Å²) in [6, 6.07) is 11.7. The number of hydrogen-bond acceptors (Lipinski definition) is 5. The van der Waals surface area contributed by atoms with Gasteiger partial charge in [-0.2, -0.15) is 0 Å². The molecule has 0 aliphatic heterocycles. The van der Waals surface area contributed by atoms with E-state index in [4.69, 9.17) is 4.74 Å². The number of imidazole rings is 1. The number of carbonyl (C=O) groups excluding carboxylic acids is 2. The van der Waals surface area contributed by atoms with E-state index in [2.05, 4.69) is 15.3 Å². The summed E-state index contributed by atoms with van der Waals surface area (Å²) in [6.45, 7) is 0. The van der Waals surface area contributed by atoms with Crippen molar-refractivity contribution in [1.82, 2.24) is 14.4 Å². The largest absolute Gasteiger partial charge is 0.494 e. The van der Waals surface area contributed by atoms with Gasteiger partial charge in [0.2, 0.25) is 5.91 Å².